The average Bonchev–Trinajstić information content (AvgIpc) is 3.63. The van der Waals surface area contributed by atoms with E-state index in [1.54, 1.807) is 6.92 Å². The third kappa shape index (κ3) is 6.01. The van der Waals surface area contributed by atoms with Crippen molar-refractivity contribution in [3.63, 3.8) is 0 Å². The van der Waals surface area contributed by atoms with E-state index in [1.165, 1.54) is 6.07 Å². The third-order valence-electron chi connectivity index (χ3n) is 10.1. The molecule has 0 unspecified atom stereocenters. The lowest BCUT2D eigenvalue weighted by atomic mass is 9.86. The van der Waals surface area contributed by atoms with Crippen LogP contribution in [0.4, 0.5) is 4.39 Å². The molecule has 3 aliphatic heterocycles. The summed E-state index contributed by atoms with van der Waals surface area (Å²) in [6.07, 6.45) is 6.32. The number of likely N-dealkylation sites (tertiary alicyclic amines) is 1. The van der Waals surface area contributed by atoms with Crippen molar-refractivity contribution in [1.82, 2.24) is 24.2 Å². The first-order valence-electron chi connectivity index (χ1n) is 17.1. The van der Waals surface area contributed by atoms with E-state index < -0.39 is 23.5 Å². The number of aryl methyl sites for hydroxylation is 2. The third-order valence-corrected chi connectivity index (χ3v) is 10.1. The van der Waals surface area contributed by atoms with Gasteiger partial charge in [0, 0.05) is 91.4 Å². The summed E-state index contributed by atoms with van der Waals surface area (Å²) in [5.41, 5.74) is 5.62. The molecule has 2 saturated heterocycles. The lowest BCUT2D eigenvalue weighted by Crippen LogP contribution is -2.54. The van der Waals surface area contributed by atoms with Crippen LogP contribution in [0.1, 0.15) is 68.5 Å². The number of halogens is 1. The lowest BCUT2D eigenvalue weighted by Gasteiger charge is -2.45. The molecule has 4 aromatic rings. The van der Waals surface area contributed by atoms with Crippen LogP contribution in [-0.4, -0.2) is 79.9 Å². The van der Waals surface area contributed by atoms with Gasteiger partial charge in [0.1, 0.15) is 5.65 Å². The Kier molecular flexibility index (Phi) is 8.58. The molecule has 3 aromatic heterocycles. The number of carboxylic acid groups (broad SMARTS) is 1. The maximum atomic E-state index is 15.8. The summed E-state index contributed by atoms with van der Waals surface area (Å²) in [6.45, 7) is 14.4. The molecule has 1 aromatic carbocycles. The highest BCUT2D eigenvalue weighted by Crippen LogP contribution is 2.45. The zero-order valence-corrected chi connectivity index (χ0v) is 28.8. The summed E-state index contributed by atoms with van der Waals surface area (Å²) in [5.74, 6) is -0.742. The Balaban J connectivity index is 1.31. The van der Waals surface area contributed by atoms with Crippen molar-refractivity contribution in [2.24, 2.45) is 13.0 Å². The fourth-order valence-electron chi connectivity index (χ4n) is 7.78. The average molecular weight is 660 g/mol. The molecule has 2 fully saturated rings. The molecule has 1 atom stereocenters. The number of nitrogens with zero attached hydrogens (tertiary/aromatic N) is 5. The van der Waals surface area contributed by atoms with Crippen LogP contribution < -0.4 is 4.74 Å². The van der Waals surface area contributed by atoms with E-state index in [1.807, 2.05) is 56.3 Å². The second-order valence-electron chi connectivity index (χ2n) is 14.7. The molecule has 0 amide bonds. The molecule has 0 aliphatic carbocycles. The number of ether oxygens (including phenoxy) is 3. The SMILES string of the molecule is Cc1nc2c(cc(-c3cnn(CC4CN(C5CCOCC5)C4)c3)n2C)c(-c2cc(F)c3c(c2C)CCCO3)c1[C@H](OC(C)(C)C)C(=O)O. The zero-order chi connectivity index (χ0) is 33.9. The second-order valence-corrected chi connectivity index (χ2v) is 14.7. The smallest absolute Gasteiger partial charge is 0.337 e. The molecule has 0 spiro atoms. The Hall–Kier alpha value is -3.80. The van der Waals surface area contributed by atoms with Crippen molar-refractivity contribution in [3.05, 3.63) is 52.7 Å². The van der Waals surface area contributed by atoms with E-state index in [0.717, 1.165) is 79.9 Å². The summed E-state index contributed by atoms with van der Waals surface area (Å²) < 4.78 is 37.3. The number of benzene rings is 1. The maximum Gasteiger partial charge on any atom is 0.337 e. The fourth-order valence-corrected chi connectivity index (χ4v) is 7.78. The van der Waals surface area contributed by atoms with Crippen LogP contribution >= 0.6 is 0 Å². The van der Waals surface area contributed by atoms with Crippen molar-refractivity contribution >= 4 is 17.0 Å². The Labute approximate surface area is 280 Å². The van der Waals surface area contributed by atoms with E-state index in [4.69, 9.17) is 24.3 Å². The number of hydrogen-bond donors (Lipinski definition) is 1. The van der Waals surface area contributed by atoms with Gasteiger partial charge in [-0.1, -0.05) is 0 Å². The van der Waals surface area contributed by atoms with Crippen molar-refractivity contribution in [2.75, 3.05) is 32.9 Å². The minimum absolute atomic E-state index is 0.287. The standard InChI is InChI=1S/C37H46FN5O5/c1-21-26-8-7-11-47-33(26)29(38)14-27(21)32-28-15-30(41(6)35(28)40-22(2)31(32)34(36(44)45)48-37(3,4)5)24-16-39-43(20-24)19-23-17-42(18-23)25-9-12-46-13-10-25/h14-16,20,23,25,34H,7-13,17-19H2,1-6H3,(H,44,45)/t34-/m0/s1. The van der Waals surface area contributed by atoms with Gasteiger partial charge >= 0.3 is 5.97 Å². The maximum absolute atomic E-state index is 15.8. The first kappa shape index (κ1) is 32.7. The van der Waals surface area contributed by atoms with Gasteiger partial charge in [0.05, 0.1) is 24.1 Å². The molecule has 1 N–H and O–H groups in total. The van der Waals surface area contributed by atoms with Crippen LogP contribution in [0.25, 0.3) is 33.4 Å². The zero-order valence-electron chi connectivity index (χ0n) is 28.8. The molecule has 3 aliphatic rings. The van der Waals surface area contributed by atoms with Gasteiger partial charge in [0.2, 0.25) is 0 Å². The Morgan fingerprint density at radius 1 is 1.17 bits per heavy atom. The van der Waals surface area contributed by atoms with Crippen LogP contribution in [0.3, 0.4) is 0 Å². The summed E-state index contributed by atoms with van der Waals surface area (Å²) >= 11 is 0. The summed E-state index contributed by atoms with van der Waals surface area (Å²) in [7, 11) is 1.96. The molecule has 10 nitrogen and oxygen atoms in total. The van der Waals surface area contributed by atoms with Gasteiger partial charge in [-0.25, -0.2) is 14.2 Å². The van der Waals surface area contributed by atoms with Crippen LogP contribution in [-0.2, 0) is 34.3 Å². The highest BCUT2D eigenvalue weighted by atomic mass is 19.1. The topological polar surface area (TPSA) is 104 Å². The number of carbonyl (C=O) groups is 1. The molecule has 0 saturated carbocycles. The monoisotopic (exact) mass is 659 g/mol. The normalized spacial score (nSPS) is 18.5. The van der Waals surface area contributed by atoms with Gasteiger partial charge in [-0.15, -0.1) is 0 Å². The molecule has 6 heterocycles. The highest BCUT2D eigenvalue weighted by molar-refractivity contribution is 6.01. The van der Waals surface area contributed by atoms with E-state index in [0.29, 0.717) is 53.0 Å². The van der Waals surface area contributed by atoms with E-state index in [9.17, 15) is 9.90 Å². The van der Waals surface area contributed by atoms with Crippen molar-refractivity contribution in [1.29, 1.82) is 0 Å². The molecule has 11 heteroatoms. The Morgan fingerprint density at radius 3 is 2.62 bits per heavy atom. The molecule has 48 heavy (non-hydrogen) atoms. The summed E-state index contributed by atoms with van der Waals surface area (Å²) in [4.78, 5) is 20.4. The fraction of sp³-hybridized carbons (Fsp3) is 0.541. The Morgan fingerprint density at radius 2 is 1.92 bits per heavy atom. The minimum atomic E-state index is -1.32. The van der Waals surface area contributed by atoms with E-state index >= 15 is 4.39 Å². The predicted molar refractivity (Wildman–Crippen MR) is 181 cm³/mol. The molecule has 256 valence electrons. The number of rotatable bonds is 8. The minimum Gasteiger partial charge on any atom is -0.490 e. The van der Waals surface area contributed by atoms with Crippen LogP contribution in [0.5, 0.6) is 5.75 Å². The van der Waals surface area contributed by atoms with Gasteiger partial charge < -0.3 is 23.9 Å². The molecular weight excluding hydrogens is 613 g/mol. The predicted octanol–water partition coefficient (Wildman–Crippen LogP) is 6.24. The number of carboxylic acids is 1. The van der Waals surface area contributed by atoms with Gasteiger partial charge in [0.15, 0.2) is 17.7 Å². The number of hydrogen-bond acceptors (Lipinski definition) is 7. The number of fused-ring (bicyclic) bond motifs is 2. The first-order chi connectivity index (χ1) is 22.9. The summed E-state index contributed by atoms with van der Waals surface area (Å²) in [5, 5.41) is 16.0. The van der Waals surface area contributed by atoms with Crippen molar-refractivity contribution < 1.29 is 28.5 Å². The van der Waals surface area contributed by atoms with Crippen LogP contribution in [0.15, 0.2) is 24.5 Å². The largest absolute Gasteiger partial charge is 0.490 e. The van der Waals surface area contributed by atoms with E-state index in [2.05, 4.69) is 11.1 Å². The number of aromatic nitrogens is 4. The lowest BCUT2D eigenvalue weighted by molar-refractivity contribution is -0.160. The molecular formula is C37H46FN5O5. The van der Waals surface area contributed by atoms with Crippen molar-refractivity contribution in [3.8, 4) is 28.1 Å². The summed E-state index contributed by atoms with van der Waals surface area (Å²) in [6, 6.07) is 4.14. The number of pyridine rings is 1. The van der Waals surface area contributed by atoms with Gasteiger partial charge in [-0.2, -0.15) is 5.10 Å². The van der Waals surface area contributed by atoms with Gasteiger partial charge in [0.25, 0.3) is 0 Å². The van der Waals surface area contributed by atoms with Crippen LogP contribution in [0, 0.1) is 25.6 Å². The Bertz CT molecular complexity index is 1860. The van der Waals surface area contributed by atoms with Gasteiger partial charge in [-0.3, -0.25) is 9.58 Å². The molecule has 0 bridgehead atoms. The molecule has 7 rings (SSSR count). The first-order valence-corrected chi connectivity index (χ1v) is 17.1. The van der Waals surface area contributed by atoms with Crippen LogP contribution in [0.2, 0.25) is 0 Å². The molecule has 0 radical (unpaired) electrons. The second kappa shape index (κ2) is 12.6. The van der Waals surface area contributed by atoms with E-state index in [-0.39, 0.29) is 5.75 Å². The van der Waals surface area contributed by atoms with Gasteiger partial charge in [-0.05, 0) is 83.6 Å². The van der Waals surface area contributed by atoms with Crippen molar-refractivity contribution in [2.45, 2.75) is 84.6 Å². The number of aliphatic carboxylic acids is 1. The quantitative estimate of drug-likeness (QED) is 0.237. The highest BCUT2D eigenvalue weighted by Gasteiger charge is 2.36.